The standard InChI is InChI=1S/C18H17N7O/c1-11-4-3-5-12(8-11)16(26)25-17(19)22-18(23-25)21-14-6-7-15-13(9-14)10-20-24(15)2/h3-10H,1-2H3,(H3,19,21,22,23). The zero-order valence-corrected chi connectivity index (χ0v) is 14.3. The molecule has 8 heteroatoms. The maximum atomic E-state index is 12.6. The molecule has 8 nitrogen and oxygen atoms in total. The Morgan fingerprint density at radius 1 is 1.19 bits per heavy atom. The molecular weight excluding hydrogens is 330 g/mol. The van der Waals surface area contributed by atoms with Crippen LogP contribution in [-0.4, -0.2) is 30.5 Å². The third-order valence-electron chi connectivity index (χ3n) is 4.09. The lowest BCUT2D eigenvalue weighted by Crippen LogP contribution is -2.16. The van der Waals surface area contributed by atoms with E-state index in [0.29, 0.717) is 5.56 Å². The lowest BCUT2D eigenvalue weighted by molar-refractivity contribution is 0.0948. The van der Waals surface area contributed by atoms with Gasteiger partial charge in [-0.15, -0.1) is 5.10 Å². The molecule has 26 heavy (non-hydrogen) atoms. The van der Waals surface area contributed by atoms with Crippen molar-refractivity contribution in [3.05, 3.63) is 59.8 Å². The number of nitrogens with one attached hydrogen (secondary N) is 1. The first-order chi connectivity index (χ1) is 12.5. The van der Waals surface area contributed by atoms with Gasteiger partial charge in [-0.25, -0.2) is 0 Å². The van der Waals surface area contributed by atoms with Crippen molar-refractivity contribution in [3.63, 3.8) is 0 Å². The number of benzene rings is 2. The molecular formula is C18H17N7O. The first kappa shape index (κ1) is 15.8. The minimum absolute atomic E-state index is 0.0291. The van der Waals surface area contributed by atoms with E-state index in [-0.39, 0.29) is 17.8 Å². The number of nitrogen functional groups attached to an aromatic ring is 1. The largest absolute Gasteiger partial charge is 0.368 e. The first-order valence-electron chi connectivity index (χ1n) is 8.04. The molecule has 4 aromatic rings. The summed E-state index contributed by atoms with van der Waals surface area (Å²) in [6, 6.07) is 13.0. The van der Waals surface area contributed by atoms with Crippen LogP contribution in [0, 0.1) is 6.92 Å². The van der Waals surface area contributed by atoms with Gasteiger partial charge in [0.2, 0.25) is 11.9 Å². The molecule has 2 aromatic heterocycles. The molecule has 0 radical (unpaired) electrons. The van der Waals surface area contributed by atoms with Crippen molar-refractivity contribution in [1.82, 2.24) is 24.5 Å². The van der Waals surface area contributed by atoms with Crippen molar-refractivity contribution in [1.29, 1.82) is 0 Å². The number of fused-ring (bicyclic) bond motifs is 1. The Morgan fingerprint density at radius 2 is 2.04 bits per heavy atom. The van der Waals surface area contributed by atoms with Gasteiger partial charge in [0.15, 0.2) is 0 Å². The number of anilines is 3. The van der Waals surface area contributed by atoms with Crippen LogP contribution >= 0.6 is 0 Å². The number of nitrogens with zero attached hydrogens (tertiary/aromatic N) is 5. The highest BCUT2D eigenvalue weighted by Crippen LogP contribution is 2.21. The molecule has 0 bridgehead atoms. The number of carbonyl (C=O) groups excluding carboxylic acids is 1. The van der Waals surface area contributed by atoms with E-state index >= 15 is 0 Å². The number of hydrogen-bond acceptors (Lipinski definition) is 6. The second-order valence-electron chi connectivity index (χ2n) is 6.05. The van der Waals surface area contributed by atoms with E-state index in [1.54, 1.807) is 23.0 Å². The summed E-state index contributed by atoms with van der Waals surface area (Å²) >= 11 is 0. The topological polar surface area (TPSA) is 104 Å². The van der Waals surface area contributed by atoms with Gasteiger partial charge in [0, 0.05) is 23.7 Å². The fourth-order valence-electron chi connectivity index (χ4n) is 2.80. The molecule has 3 N–H and O–H groups in total. The van der Waals surface area contributed by atoms with Gasteiger partial charge in [0.1, 0.15) is 0 Å². The predicted octanol–water partition coefficient (Wildman–Crippen LogP) is 2.49. The van der Waals surface area contributed by atoms with E-state index in [2.05, 4.69) is 20.5 Å². The molecule has 0 aliphatic rings. The molecule has 0 atom stereocenters. The van der Waals surface area contributed by atoms with E-state index in [1.807, 2.05) is 44.3 Å². The summed E-state index contributed by atoms with van der Waals surface area (Å²) in [5, 5.41) is 12.5. The van der Waals surface area contributed by atoms with Crippen LogP contribution in [0.15, 0.2) is 48.7 Å². The number of nitrogens with two attached hydrogens (primary N) is 1. The van der Waals surface area contributed by atoms with Crippen molar-refractivity contribution in [3.8, 4) is 0 Å². The van der Waals surface area contributed by atoms with Crippen LogP contribution in [0.3, 0.4) is 0 Å². The summed E-state index contributed by atoms with van der Waals surface area (Å²) in [5.74, 6) is -0.0392. The zero-order valence-electron chi connectivity index (χ0n) is 14.3. The van der Waals surface area contributed by atoms with Crippen LogP contribution in [0.2, 0.25) is 0 Å². The average molecular weight is 347 g/mol. The Labute approximate surface area is 149 Å². The molecule has 0 amide bonds. The Balaban J connectivity index is 1.62. The number of carbonyl (C=O) groups is 1. The molecule has 2 aromatic carbocycles. The summed E-state index contributed by atoms with van der Waals surface area (Å²) in [6.45, 7) is 1.92. The number of hydrogen-bond donors (Lipinski definition) is 2. The fourth-order valence-corrected chi connectivity index (χ4v) is 2.80. The van der Waals surface area contributed by atoms with Crippen LogP contribution in [-0.2, 0) is 7.05 Å². The zero-order chi connectivity index (χ0) is 18.3. The second kappa shape index (κ2) is 5.99. The van der Waals surface area contributed by atoms with E-state index in [4.69, 9.17) is 5.73 Å². The van der Waals surface area contributed by atoms with Crippen LogP contribution in [0.5, 0.6) is 0 Å². The third kappa shape index (κ3) is 2.77. The Morgan fingerprint density at radius 3 is 2.85 bits per heavy atom. The minimum atomic E-state index is -0.325. The summed E-state index contributed by atoms with van der Waals surface area (Å²) in [6.07, 6.45) is 1.78. The smallest absolute Gasteiger partial charge is 0.281 e. The highest BCUT2D eigenvalue weighted by Gasteiger charge is 2.16. The summed E-state index contributed by atoms with van der Waals surface area (Å²) < 4.78 is 2.89. The molecule has 0 spiro atoms. The highest BCUT2D eigenvalue weighted by atomic mass is 16.2. The average Bonchev–Trinajstić information content (AvgIpc) is 3.17. The molecule has 0 aliphatic carbocycles. The van der Waals surface area contributed by atoms with E-state index < -0.39 is 0 Å². The van der Waals surface area contributed by atoms with Gasteiger partial charge in [-0.05, 0) is 37.3 Å². The maximum absolute atomic E-state index is 12.6. The second-order valence-corrected chi connectivity index (χ2v) is 6.05. The predicted molar refractivity (Wildman–Crippen MR) is 99.3 cm³/mol. The molecule has 0 saturated heterocycles. The van der Waals surface area contributed by atoms with Gasteiger partial charge in [0.05, 0.1) is 11.7 Å². The number of aromatic nitrogens is 5. The van der Waals surface area contributed by atoms with Gasteiger partial charge >= 0.3 is 0 Å². The van der Waals surface area contributed by atoms with E-state index in [0.717, 1.165) is 26.8 Å². The van der Waals surface area contributed by atoms with Gasteiger partial charge in [-0.1, -0.05) is 17.7 Å². The third-order valence-corrected chi connectivity index (χ3v) is 4.09. The lowest BCUT2D eigenvalue weighted by atomic mass is 10.1. The van der Waals surface area contributed by atoms with Crippen molar-refractivity contribution in [2.45, 2.75) is 6.92 Å². The SMILES string of the molecule is Cc1cccc(C(=O)n2nc(Nc3ccc4c(cnn4C)c3)nc2N)c1. The van der Waals surface area contributed by atoms with Crippen molar-refractivity contribution in [2.24, 2.45) is 7.05 Å². The Hall–Kier alpha value is -3.68. The van der Waals surface area contributed by atoms with Crippen LogP contribution in [0.1, 0.15) is 15.9 Å². The normalized spacial score (nSPS) is 11.0. The van der Waals surface area contributed by atoms with Crippen molar-refractivity contribution < 1.29 is 4.79 Å². The maximum Gasteiger partial charge on any atom is 0.281 e. The van der Waals surface area contributed by atoms with E-state index in [1.165, 1.54) is 0 Å². The van der Waals surface area contributed by atoms with Crippen molar-refractivity contribution in [2.75, 3.05) is 11.1 Å². The molecule has 2 heterocycles. The molecule has 4 rings (SSSR count). The fraction of sp³-hybridized carbons (Fsp3) is 0.111. The van der Waals surface area contributed by atoms with Gasteiger partial charge in [-0.3, -0.25) is 9.48 Å². The van der Waals surface area contributed by atoms with Crippen LogP contribution in [0.25, 0.3) is 10.9 Å². The number of aryl methyl sites for hydroxylation is 2. The van der Waals surface area contributed by atoms with Gasteiger partial charge in [0.25, 0.3) is 5.91 Å². The molecule has 0 saturated carbocycles. The monoisotopic (exact) mass is 347 g/mol. The summed E-state index contributed by atoms with van der Waals surface area (Å²) in [5.41, 5.74) is 9.17. The van der Waals surface area contributed by atoms with Gasteiger partial charge < -0.3 is 11.1 Å². The summed E-state index contributed by atoms with van der Waals surface area (Å²) in [7, 11) is 1.89. The van der Waals surface area contributed by atoms with E-state index in [9.17, 15) is 4.79 Å². The lowest BCUT2D eigenvalue weighted by Gasteiger charge is -2.03. The van der Waals surface area contributed by atoms with Crippen molar-refractivity contribution >= 4 is 34.4 Å². The number of rotatable bonds is 3. The van der Waals surface area contributed by atoms with Crippen LogP contribution in [0.4, 0.5) is 17.6 Å². The molecule has 0 unspecified atom stereocenters. The van der Waals surface area contributed by atoms with Gasteiger partial charge in [-0.2, -0.15) is 14.8 Å². The molecule has 130 valence electrons. The summed E-state index contributed by atoms with van der Waals surface area (Å²) in [4.78, 5) is 16.7. The quantitative estimate of drug-likeness (QED) is 0.590. The first-order valence-corrected chi connectivity index (χ1v) is 8.04. The van der Waals surface area contributed by atoms with Crippen LogP contribution < -0.4 is 11.1 Å². The molecule has 0 fully saturated rings. The molecule has 0 aliphatic heterocycles. The minimum Gasteiger partial charge on any atom is -0.368 e. The Bertz CT molecular complexity index is 1130. The highest BCUT2D eigenvalue weighted by molar-refractivity contribution is 5.97. The Kier molecular flexibility index (Phi) is 3.65.